The number of primary amides is 1. The normalized spacial score (nSPS) is 23.6. The van der Waals surface area contributed by atoms with E-state index in [0.717, 1.165) is 13.0 Å². The second-order valence-electron chi connectivity index (χ2n) is 5.45. The SMILES string of the molecule is CC1(C(N)=O)CCN(CCn2cc(N)ccc2=O)C1. The Morgan fingerprint density at radius 3 is 2.79 bits per heavy atom. The van der Waals surface area contributed by atoms with Crippen molar-refractivity contribution in [3.63, 3.8) is 0 Å². The first-order valence-electron chi connectivity index (χ1n) is 6.39. The van der Waals surface area contributed by atoms with Crippen LogP contribution in [0.15, 0.2) is 23.1 Å². The molecular weight excluding hydrogens is 244 g/mol. The molecule has 1 aliphatic heterocycles. The zero-order valence-electron chi connectivity index (χ0n) is 11.1. The van der Waals surface area contributed by atoms with Gasteiger partial charge in [-0.05, 0) is 26.0 Å². The quantitative estimate of drug-likeness (QED) is 0.775. The Balaban J connectivity index is 1.96. The Labute approximate surface area is 112 Å². The van der Waals surface area contributed by atoms with Gasteiger partial charge in [0.15, 0.2) is 0 Å². The lowest BCUT2D eigenvalue weighted by atomic mass is 9.89. The number of anilines is 1. The topological polar surface area (TPSA) is 94.3 Å². The summed E-state index contributed by atoms with van der Waals surface area (Å²) in [7, 11) is 0. The van der Waals surface area contributed by atoms with Gasteiger partial charge in [-0.2, -0.15) is 0 Å². The van der Waals surface area contributed by atoms with Gasteiger partial charge < -0.3 is 20.9 Å². The Kier molecular flexibility index (Phi) is 3.61. The molecular formula is C13H20N4O2. The van der Waals surface area contributed by atoms with Crippen LogP contribution in [0.4, 0.5) is 5.69 Å². The molecule has 1 atom stereocenters. The maximum absolute atomic E-state index is 11.6. The first kappa shape index (κ1) is 13.6. The number of amides is 1. The number of pyridine rings is 1. The third-order valence-electron chi connectivity index (χ3n) is 3.81. The molecule has 0 bridgehead atoms. The zero-order valence-corrected chi connectivity index (χ0v) is 11.1. The summed E-state index contributed by atoms with van der Waals surface area (Å²) in [4.78, 5) is 25.1. The summed E-state index contributed by atoms with van der Waals surface area (Å²) in [5.74, 6) is -0.254. The number of nitrogens with zero attached hydrogens (tertiary/aromatic N) is 2. The van der Waals surface area contributed by atoms with Crippen molar-refractivity contribution in [1.29, 1.82) is 0 Å². The minimum Gasteiger partial charge on any atom is -0.398 e. The van der Waals surface area contributed by atoms with Gasteiger partial charge in [-0.3, -0.25) is 9.59 Å². The number of rotatable bonds is 4. The molecule has 4 N–H and O–H groups in total. The van der Waals surface area contributed by atoms with Gasteiger partial charge in [0.2, 0.25) is 5.91 Å². The van der Waals surface area contributed by atoms with Crippen LogP contribution in [0.3, 0.4) is 0 Å². The number of nitrogens with two attached hydrogens (primary N) is 2. The minimum atomic E-state index is -0.444. The van der Waals surface area contributed by atoms with Crippen LogP contribution in [0.1, 0.15) is 13.3 Å². The van der Waals surface area contributed by atoms with Crippen LogP contribution in [0.2, 0.25) is 0 Å². The van der Waals surface area contributed by atoms with E-state index in [1.807, 2.05) is 6.92 Å². The highest BCUT2D eigenvalue weighted by atomic mass is 16.1. The molecule has 19 heavy (non-hydrogen) atoms. The Bertz CT molecular complexity index is 540. The van der Waals surface area contributed by atoms with Crippen molar-refractivity contribution in [2.75, 3.05) is 25.4 Å². The van der Waals surface area contributed by atoms with Gasteiger partial charge in [-0.25, -0.2) is 0 Å². The van der Waals surface area contributed by atoms with Gasteiger partial charge in [0.25, 0.3) is 5.56 Å². The highest BCUT2D eigenvalue weighted by molar-refractivity contribution is 5.81. The molecule has 0 spiro atoms. The lowest BCUT2D eigenvalue weighted by Gasteiger charge is -2.21. The maximum atomic E-state index is 11.6. The summed E-state index contributed by atoms with van der Waals surface area (Å²) in [5, 5.41) is 0. The van der Waals surface area contributed by atoms with Gasteiger partial charge in [0.1, 0.15) is 0 Å². The number of hydrogen-bond acceptors (Lipinski definition) is 4. The molecule has 1 aromatic rings. The molecule has 1 amide bonds. The van der Waals surface area contributed by atoms with E-state index in [9.17, 15) is 9.59 Å². The number of aromatic nitrogens is 1. The number of carbonyl (C=O) groups is 1. The average molecular weight is 264 g/mol. The van der Waals surface area contributed by atoms with E-state index in [-0.39, 0.29) is 11.5 Å². The van der Waals surface area contributed by atoms with E-state index in [4.69, 9.17) is 11.5 Å². The third kappa shape index (κ3) is 2.96. The monoisotopic (exact) mass is 264 g/mol. The van der Waals surface area contributed by atoms with E-state index in [1.165, 1.54) is 6.07 Å². The molecule has 104 valence electrons. The Hall–Kier alpha value is -1.82. The fraction of sp³-hybridized carbons (Fsp3) is 0.538. The second kappa shape index (κ2) is 5.05. The molecule has 0 aliphatic carbocycles. The molecule has 1 unspecified atom stereocenters. The summed E-state index contributed by atoms with van der Waals surface area (Å²) in [6.07, 6.45) is 2.42. The molecule has 0 aromatic carbocycles. The van der Waals surface area contributed by atoms with E-state index >= 15 is 0 Å². The van der Waals surface area contributed by atoms with Crippen molar-refractivity contribution >= 4 is 11.6 Å². The molecule has 0 saturated carbocycles. The smallest absolute Gasteiger partial charge is 0.250 e. The molecule has 1 fully saturated rings. The predicted octanol–water partition coefficient (Wildman–Crippen LogP) is -0.372. The molecule has 1 aliphatic rings. The minimum absolute atomic E-state index is 0.0638. The van der Waals surface area contributed by atoms with Crippen molar-refractivity contribution < 1.29 is 4.79 Å². The van der Waals surface area contributed by atoms with Crippen molar-refractivity contribution in [3.8, 4) is 0 Å². The molecule has 6 nitrogen and oxygen atoms in total. The summed E-state index contributed by atoms with van der Waals surface area (Å²) >= 11 is 0. The summed E-state index contributed by atoms with van der Waals surface area (Å²) in [6.45, 7) is 4.66. The average Bonchev–Trinajstić information content (AvgIpc) is 2.74. The Morgan fingerprint density at radius 1 is 1.42 bits per heavy atom. The van der Waals surface area contributed by atoms with Gasteiger partial charge in [0, 0.05) is 37.6 Å². The number of nitrogen functional groups attached to an aromatic ring is 1. The first-order valence-corrected chi connectivity index (χ1v) is 6.39. The van der Waals surface area contributed by atoms with Crippen LogP contribution < -0.4 is 17.0 Å². The largest absolute Gasteiger partial charge is 0.398 e. The highest BCUT2D eigenvalue weighted by Gasteiger charge is 2.38. The fourth-order valence-corrected chi connectivity index (χ4v) is 2.42. The fourth-order valence-electron chi connectivity index (χ4n) is 2.42. The highest BCUT2D eigenvalue weighted by Crippen LogP contribution is 2.29. The number of hydrogen-bond donors (Lipinski definition) is 2. The number of likely N-dealkylation sites (tertiary alicyclic amines) is 1. The van der Waals surface area contributed by atoms with Crippen molar-refractivity contribution in [1.82, 2.24) is 9.47 Å². The summed E-state index contributed by atoms with van der Waals surface area (Å²) in [6, 6.07) is 3.06. The van der Waals surface area contributed by atoms with Crippen LogP contribution in [-0.2, 0) is 11.3 Å². The molecule has 6 heteroatoms. The maximum Gasteiger partial charge on any atom is 0.250 e. The lowest BCUT2D eigenvalue weighted by Crippen LogP contribution is -2.38. The van der Waals surface area contributed by atoms with Crippen molar-refractivity contribution in [2.24, 2.45) is 11.1 Å². The zero-order chi connectivity index (χ0) is 14.0. The molecule has 1 aromatic heterocycles. The lowest BCUT2D eigenvalue weighted by molar-refractivity contribution is -0.126. The van der Waals surface area contributed by atoms with Crippen molar-refractivity contribution in [3.05, 3.63) is 28.7 Å². The van der Waals surface area contributed by atoms with E-state index < -0.39 is 5.41 Å². The van der Waals surface area contributed by atoms with Gasteiger partial charge in [-0.15, -0.1) is 0 Å². The molecule has 2 heterocycles. The van der Waals surface area contributed by atoms with E-state index in [1.54, 1.807) is 16.8 Å². The van der Waals surface area contributed by atoms with Crippen LogP contribution in [0.25, 0.3) is 0 Å². The molecule has 2 rings (SSSR count). The van der Waals surface area contributed by atoms with Crippen LogP contribution in [-0.4, -0.2) is 35.0 Å². The van der Waals surface area contributed by atoms with Crippen LogP contribution in [0.5, 0.6) is 0 Å². The van der Waals surface area contributed by atoms with Crippen LogP contribution >= 0.6 is 0 Å². The van der Waals surface area contributed by atoms with E-state index in [2.05, 4.69) is 4.90 Å². The first-order chi connectivity index (χ1) is 8.90. The van der Waals surface area contributed by atoms with Gasteiger partial charge in [-0.1, -0.05) is 0 Å². The van der Waals surface area contributed by atoms with Crippen LogP contribution in [0, 0.1) is 5.41 Å². The molecule has 0 radical (unpaired) electrons. The predicted molar refractivity (Wildman–Crippen MR) is 73.5 cm³/mol. The summed E-state index contributed by atoms with van der Waals surface area (Å²) < 4.78 is 1.59. The third-order valence-corrected chi connectivity index (χ3v) is 3.81. The Morgan fingerprint density at radius 2 is 2.16 bits per heavy atom. The van der Waals surface area contributed by atoms with E-state index in [0.29, 0.717) is 25.3 Å². The van der Waals surface area contributed by atoms with Crippen molar-refractivity contribution in [2.45, 2.75) is 19.9 Å². The summed E-state index contributed by atoms with van der Waals surface area (Å²) in [5.41, 5.74) is 11.1. The molecule has 1 saturated heterocycles. The van der Waals surface area contributed by atoms with Gasteiger partial charge >= 0.3 is 0 Å². The number of carbonyl (C=O) groups excluding carboxylic acids is 1. The second-order valence-corrected chi connectivity index (χ2v) is 5.45. The standard InChI is InChI=1S/C13H20N4O2/c1-13(12(15)19)4-5-16(9-13)6-7-17-8-10(14)2-3-11(17)18/h2-3,8H,4-7,9,14H2,1H3,(H2,15,19). The van der Waals surface area contributed by atoms with Gasteiger partial charge in [0.05, 0.1) is 5.41 Å².